The molecule has 0 radical (unpaired) electrons. The molecule has 0 fully saturated rings. The average Bonchev–Trinajstić information content (AvgIpc) is 2.74. The van der Waals surface area contributed by atoms with Crippen LogP contribution in [0.5, 0.6) is 0 Å². The minimum absolute atomic E-state index is 0.0185. The van der Waals surface area contributed by atoms with E-state index in [4.69, 9.17) is 0 Å². The van der Waals surface area contributed by atoms with Gasteiger partial charge in [0.05, 0.1) is 11.3 Å². The Kier molecular flexibility index (Phi) is 2.58. The minimum atomic E-state index is 0.0185. The summed E-state index contributed by atoms with van der Waals surface area (Å²) in [6.45, 7) is 4.07. The molecular weight excluding hydrogens is 226 g/mol. The van der Waals surface area contributed by atoms with Gasteiger partial charge in [0.1, 0.15) is 5.82 Å². The number of aromatic amines is 2. The molecule has 1 aliphatic carbocycles. The average molecular weight is 243 g/mol. The van der Waals surface area contributed by atoms with E-state index >= 15 is 0 Å². The summed E-state index contributed by atoms with van der Waals surface area (Å²) in [5.41, 5.74) is 3.85. The Labute approximate surface area is 105 Å². The predicted octanol–water partition coefficient (Wildman–Crippen LogP) is 2.51. The summed E-state index contributed by atoms with van der Waals surface area (Å²) in [5.74, 6) is 1.19. The Balaban J connectivity index is 2.10. The van der Waals surface area contributed by atoms with Crippen LogP contribution in [0.15, 0.2) is 17.1 Å². The van der Waals surface area contributed by atoms with Gasteiger partial charge in [-0.3, -0.25) is 4.79 Å². The molecule has 1 atom stereocenters. The third-order valence-electron chi connectivity index (χ3n) is 3.65. The van der Waals surface area contributed by atoms with Crippen molar-refractivity contribution in [3.63, 3.8) is 0 Å². The van der Waals surface area contributed by atoms with Gasteiger partial charge in [-0.05, 0) is 26.2 Å². The van der Waals surface area contributed by atoms with Crippen molar-refractivity contribution in [1.29, 1.82) is 0 Å². The fraction of sp³-hybridized carbons (Fsp3) is 0.429. The van der Waals surface area contributed by atoms with Crippen LogP contribution in [0, 0.1) is 6.92 Å². The first-order valence-electron chi connectivity index (χ1n) is 6.43. The Hall–Kier alpha value is -1.84. The molecule has 0 aliphatic heterocycles. The molecule has 1 aliphatic rings. The second-order valence-corrected chi connectivity index (χ2v) is 5.14. The second-order valence-electron chi connectivity index (χ2n) is 5.14. The van der Waals surface area contributed by atoms with Crippen LogP contribution in [-0.4, -0.2) is 15.0 Å². The van der Waals surface area contributed by atoms with Gasteiger partial charge in [0, 0.05) is 29.6 Å². The highest BCUT2D eigenvalue weighted by Crippen LogP contribution is 2.30. The Morgan fingerprint density at radius 3 is 3.00 bits per heavy atom. The molecule has 2 N–H and O–H groups in total. The number of rotatable bonds is 1. The Morgan fingerprint density at radius 1 is 1.44 bits per heavy atom. The molecule has 2 heterocycles. The van der Waals surface area contributed by atoms with E-state index in [1.807, 2.05) is 6.92 Å². The number of fused-ring (bicyclic) bond motifs is 1. The van der Waals surface area contributed by atoms with E-state index in [0.29, 0.717) is 17.3 Å². The van der Waals surface area contributed by atoms with Crippen LogP contribution in [0.3, 0.4) is 0 Å². The fourth-order valence-corrected chi connectivity index (χ4v) is 2.63. The summed E-state index contributed by atoms with van der Waals surface area (Å²) in [6, 6.07) is 1.61. The lowest BCUT2D eigenvalue weighted by atomic mass is 9.92. The van der Waals surface area contributed by atoms with Crippen LogP contribution in [0.4, 0.5) is 0 Å². The van der Waals surface area contributed by atoms with E-state index in [2.05, 4.69) is 21.9 Å². The van der Waals surface area contributed by atoms with Crippen molar-refractivity contribution in [1.82, 2.24) is 15.0 Å². The van der Waals surface area contributed by atoms with Gasteiger partial charge in [0.25, 0.3) is 0 Å². The lowest BCUT2D eigenvalue weighted by Crippen LogP contribution is -2.06. The summed E-state index contributed by atoms with van der Waals surface area (Å²) in [7, 11) is 0. The third kappa shape index (κ3) is 1.78. The van der Waals surface area contributed by atoms with Crippen LogP contribution in [0.25, 0.3) is 11.4 Å². The molecule has 0 saturated heterocycles. The van der Waals surface area contributed by atoms with E-state index < -0.39 is 0 Å². The molecular formula is C14H17N3O. The van der Waals surface area contributed by atoms with Crippen molar-refractivity contribution in [2.75, 3.05) is 0 Å². The zero-order chi connectivity index (χ0) is 12.7. The number of aromatic nitrogens is 3. The highest BCUT2D eigenvalue weighted by Gasteiger charge is 2.21. The molecule has 18 heavy (non-hydrogen) atoms. The van der Waals surface area contributed by atoms with Gasteiger partial charge < -0.3 is 9.97 Å². The maximum absolute atomic E-state index is 12.0. The van der Waals surface area contributed by atoms with Gasteiger partial charge in [-0.15, -0.1) is 0 Å². The normalized spacial score (nSPS) is 18.7. The predicted molar refractivity (Wildman–Crippen MR) is 70.7 cm³/mol. The first-order valence-corrected chi connectivity index (χ1v) is 6.43. The maximum Gasteiger partial charge on any atom is 0.192 e. The van der Waals surface area contributed by atoms with Crippen molar-refractivity contribution >= 4 is 0 Å². The van der Waals surface area contributed by atoms with Gasteiger partial charge in [-0.2, -0.15) is 0 Å². The number of aryl methyl sites for hydroxylation is 2. The second kappa shape index (κ2) is 4.12. The topological polar surface area (TPSA) is 61.5 Å². The first-order chi connectivity index (χ1) is 8.65. The summed E-state index contributed by atoms with van der Waals surface area (Å²) in [4.78, 5) is 23.0. The van der Waals surface area contributed by atoms with Gasteiger partial charge in [0.2, 0.25) is 0 Å². The van der Waals surface area contributed by atoms with Crippen molar-refractivity contribution in [3.8, 4) is 11.4 Å². The number of imidazole rings is 1. The Bertz CT molecular complexity index is 639. The highest BCUT2D eigenvalue weighted by molar-refractivity contribution is 5.55. The molecule has 4 nitrogen and oxygen atoms in total. The largest absolute Gasteiger partial charge is 0.364 e. The minimum Gasteiger partial charge on any atom is -0.364 e. The smallest absolute Gasteiger partial charge is 0.192 e. The van der Waals surface area contributed by atoms with Crippen LogP contribution < -0.4 is 5.43 Å². The zero-order valence-electron chi connectivity index (χ0n) is 10.7. The van der Waals surface area contributed by atoms with E-state index in [9.17, 15) is 4.79 Å². The molecule has 0 bridgehead atoms. The summed E-state index contributed by atoms with van der Waals surface area (Å²) in [5, 5.41) is 0. The lowest BCUT2D eigenvalue weighted by Gasteiger charge is -2.15. The van der Waals surface area contributed by atoms with Crippen LogP contribution in [0.2, 0.25) is 0 Å². The van der Waals surface area contributed by atoms with Gasteiger partial charge in [-0.1, -0.05) is 6.92 Å². The standard InChI is InChI=1S/C14H17N3O/c1-8-4-3-5-11-13(8)17-14(16-11)10-7-15-9(2)6-12(10)18/h6-8H,3-5H2,1-2H3,(H,15,18)(H,16,17). The SMILES string of the molecule is Cc1cc(=O)c(-c2nc3c([nH]2)CCCC3C)c[nH]1. The highest BCUT2D eigenvalue weighted by atomic mass is 16.1. The number of nitrogens with one attached hydrogen (secondary N) is 2. The number of H-pyrrole nitrogens is 2. The zero-order valence-corrected chi connectivity index (χ0v) is 10.7. The van der Waals surface area contributed by atoms with Gasteiger partial charge in [0.15, 0.2) is 5.43 Å². The van der Waals surface area contributed by atoms with Crippen molar-refractivity contribution < 1.29 is 0 Å². The molecule has 2 aromatic rings. The van der Waals surface area contributed by atoms with E-state index in [1.54, 1.807) is 12.3 Å². The van der Waals surface area contributed by atoms with Gasteiger partial charge in [-0.25, -0.2) is 4.98 Å². The fourth-order valence-electron chi connectivity index (χ4n) is 2.63. The molecule has 0 amide bonds. The Morgan fingerprint density at radius 2 is 2.28 bits per heavy atom. The van der Waals surface area contributed by atoms with E-state index in [1.165, 1.54) is 18.5 Å². The van der Waals surface area contributed by atoms with Crippen LogP contribution >= 0.6 is 0 Å². The summed E-state index contributed by atoms with van der Waals surface area (Å²) < 4.78 is 0. The van der Waals surface area contributed by atoms with E-state index in [-0.39, 0.29) is 5.43 Å². The number of hydrogen-bond donors (Lipinski definition) is 2. The first kappa shape index (κ1) is 11.3. The number of pyridine rings is 1. The molecule has 0 saturated carbocycles. The third-order valence-corrected chi connectivity index (χ3v) is 3.65. The molecule has 2 aromatic heterocycles. The maximum atomic E-state index is 12.0. The monoisotopic (exact) mass is 243 g/mol. The quantitative estimate of drug-likeness (QED) is 0.808. The van der Waals surface area contributed by atoms with Gasteiger partial charge >= 0.3 is 0 Å². The molecule has 0 spiro atoms. The molecule has 1 unspecified atom stereocenters. The molecule has 4 heteroatoms. The molecule has 94 valence electrons. The number of nitrogens with zero attached hydrogens (tertiary/aromatic N) is 1. The molecule has 0 aromatic carbocycles. The van der Waals surface area contributed by atoms with E-state index in [0.717, 1.165) is 17.8 Å². The van der Waals surface area contributed by atoms with Crippen molar-refractivity contribution in [3.05, 3.63) is 39.6 Å². The van der Waals surface area contributed by atoms with Crippen LogP contribution in [0.1, 0.15) is 42.8 Å². The van der Waals surface area contributed by atoms with Crippen molar-refractivity contribution in [2.24, 2.45) is 0 Å². The van der Waals surface area contributed by atoms with Crippen molar-refractivity contribution in [2.45, 2.75) is 39.0 Å². The molecule has 3 rings (SSSR count). The summed E-state index contributed by atoms with van der Waals surface area (Å²) >= 11 is 0. The summed E-state index contributed by atoms with van der Waals surface area (Å²) in [6.07, 6.45) is 5.16. The van der Waals surface area contributed by atoms with Crippen LogP contribution in [-0.2, 0) is 6.42 Å². The number of hydrogen-bond acceptors (Lipinski definition) is 2. The lowest BCUT2D eigenvalue weighted by molar-refractivity contribution is 0.574.